The van der Waals surface area contributed by atoms with Gasteiger partial charge in [-0.1, -0.05) is 0 Å². The van der Waals surface area contributed by atoms with Crippen LogP contribution in [0, 0.1) is 6.92 Å². The predicted molar refractivity (Wildman–Crippen MR) is 86.5 cm³/mol. The van der Waals surface area contributed by atoms with E-state index in [4.69, 9.17) is 4.74 Å². The zero-order valence-electron chi connectivity index (χ0n) is 13.2. The Bertz CT molecular complexity index is 654. The number of nitrogens with one attached hydrogen (secondary N) is 2. The fourth-order valence-electron chi connectivity index (χ4n) is 1.92. The van der Waals surface area contributed by atoms with Crippen molar-refractivity contribution in [2.24, 2.45) is 0 Å². The lowest BCUT2D eigenvalue weighted by Gasteiger charge is -2.11. The number of anilines is 2. The molecule has 1 aromatic carbocycles. The van der Waals surface area contributed by atoms with Gasteiger partial charge in [-0.25, -0.2) is 9.97 Å². The zero-order chi connectivity index (χ0) is 16.1. The Morgan fingerprint density at radius 3 is 2.45 bits per heavy atom. The monoisotopic (exact) mass is 300 g/mol. The molecule has 2 aromatic rings. The van der Waals surface area contributed by atoms with Gasteiger partial charge in [-0.15, -0.1) is 0 Å². The predicted octanol–water partition coefficient (Wildman–Crippen LogP) is 2.87. The fourth-order valence-corrected chi connectivity index (χ4v) is 1.92. The number of benzene rings is 1. The number of aromatic nitrogens is 2. The van der Waals surface area contributed by atoms with Gasteiger partial charge in [-0.05, 0) is 45.0 Å². The highest BCUT2D eigenvalue weighted by atomic mass is 16.5. The minimum atomic E-state index is -0.275. The number of hydrogen-bond acceptors (Lipinski definition) is 5. The van der Waals surface area contributed by atoms with Crippen molar-refractivity contribution in [3.8, 4) is 5.75 Å². The van der Waals surface area contributed by atoms with Crippen molar-refractivity contribution in [2.75, 3.05) is 17.7 Å². The molecule has 0 spiro atoms. The Morgan fingerprint density at radius 2 is 1.86 bits per heavy atom. The van der Waals surface area contributed by atoms with E-state index in [1.807, 2.05) is 13.8 Å². The number of methoxy groups -OCH3 is 1. The summed E-state index contributed by atoms with van der Waals surface area (Å²) in [6, 6.07) is 8.99. The molecule has 0 aliphatic rings. The van der Waals surface area contributed by atoms with Crippen molar-refractivity contribution in [1.82, 2.24) is 9.97 Å². The first-order chi connectivity index (χ1) is 10.5. The number of nitrogens with zero attached hydrogens (tertiary/aromatic N) is 2. The van der Waals surface area contributed by atoms with E-state index in [1.54, 1.807) is 44.4 Å². The molecule has 0 unspecified atom stereocenters. The van der Waals surface area contributed by atoms with Gasteiger partial charge in [0.25, 0.3) is 5.91 Å². The summed E-state index contributed by atoms with van der Waals surface area (Å²) in [4.78, 5) is 20.7. The standard InChI is InChI=1S/C16H20N4O2/c1-10(2)17-15-9-14(18-11(3)19-15)16(21)20-12-5-7-13(22-4)8-6-12/h5-10H,1-4H3,(H,20,21)(H,17,18,19). The Balaban J connectivity index is 2.15. The summed E-state index contributed by atoms with van der Waals surface area (Å²) in [5.74, 6) is 1.65. The molecule has 0 radical (unpaired) electrons. The van der Waals surface area contributed by atoms with E-state index in [2.05, 4.69) is 20.6 Å². The van der Waals surface area contributed by atoms with Crippen LogP contribution >= 0.6 is 0 Å². The van der Waals surface area contributed by atoms with Crippen LogP contribution in [0.4, 0.5) is 11.5 Å². The molecule has 1 amide bonds. The minimum absolute atomic E-state index is 0.229. The van der Waals surface area contributed by atoms with E-state index >= 15 is 0 Å². The van der Waals surface area contributed by atoms with E-state index in [-0.39, 0.29) is 11.9 Å². The Labute approximate surface area is 129 Å². The number of amides is 1. The van der Waals surface area contributed by atoms with Crippen LogP contribution in [-0.2, 0) is 0 Å². The average molecular weight is 300 g/mol. The molecule has 0 fully saturated rings. The lowest BCUT2D eigenvalue weighted by atomic mass is 10.2. The quantitative estimate of drug-likeness (QED) is 0.888. The highest BCUT2D eigenvalue weighted by Gasteiger charge is 2.11. The van der Waals surface area contributed by atoms with Crippen LogP contribution in [0.15, 0.2) is 30.3 Å². The number of hydrogen-bond donors (Lipinski definition) is 2. The van der Waals surface area contributed by atoms with Crippen LogP contribution in [0.3, 0.4) is 0 Å². The molecule has 2 rings (SSSR count). The molecule has 6 nitrogen and oxygen atoms in total. The molecule has 0 saturated heterocycles. The zero-order valence-corrected chi connectivity index (χ0v) is 13.2. The van der Waals surface area contributed by atoms with E-state index < -0.39 is 0 Å². The third kappa shape index (κ3) is 4.18. The molecule has 0 aliphatic carbocycles. The van der Waals surface area contributed by atoms with Gasteiger partial charge in [0.15, 0.2) is 0 Å². The fraction of sp³-hybridized carbons (Fsp3) is 0.312. The van der Waals surface area contributed by atoms with E-state index in [1.165, 1.54) is 0 Å². The summed E-state index contributed by atoms with van der Waals surface area (Å²) in [5.41, 5.74) is 1.01. The summed E-state index contributed by atoms with van der Waals surface area (Å²) in [7, 11) is 1.60. The minimum Gasteiger partial charge on any atom is -0.497 e. The number of rotatable bonds is 5. The van der Waals surface area contributed by atoms with Crippen LogP contribution in [0.2, 0.25) is 0 Å². The summed E-state index contributed by atoms with van der Waals surface area (Å²) >= 11 is 0. The van der Waals surface area contributed by atoms with Gasteiger partial charge in [0.1, 0.15) is 23.1 Å². The molecule has 0 atom stereocenters. The summed E-state index contributed by atoms with van der Waals surface area (Å²) in [5, 5.41) is 5.98. The van der Waals surface area contributed by atoms with Gasteiger partial charge in [0.05, 0.1) is 7.11 Å². The SMILES string of the molecule is COc1ccc(NC(=O)c2cc(NC(C)C)nc(C)n2)cc1. The first kappa shape index (κ1) is 15.8. The Kier molecular flexibility index (Phi) is 4.93. The highest BCUT2D eigenvalue weighted by Crippen LogP contribution is 2.16. The van der Waals surface area contributed by atoms with Crippen LogP contribution < -0.4 is 15.4 Å². The molecule has 1 aromatic heterocycles. The second kappa shape index (κ2) is 6.89. The molecule has 0 bridgehead atoms. The summed E-state index contributed by atoms with van der Waals surface area (Å²) < 4.78 is 5.09. The maximum absolute atomic E-state index is 12.3. The van der Waals surface area contributed by atoms with Crippen LogP contribution in [0.25, 0.3) is 0 Å². The van der Waals surface area contributed by atoms with Crippen molar-refractivity contribution in [2.45, 2.75) is 26.8 Å². The number of ether oxygens (including phenoxy) is 1. The Hall–Kier alpha value is -2.63. The van der Waals surface area contributed by atoms with Crippen molar-refractivity contribution >= 4 is 17.4 Å². The molecular weight excluding hydrogens is 280 g/mol. The molecule has 6 heteroatoms. The lowest BCUT2D eigenvalue weighted by Crippen LogP contribution is -2.17. The molecule has 2 N–H and O–H groups in total. The maximum atomic E-state index is 12.3. The topological polar surface area (TPSA) is 76.1 Å². The second-order valence-electron chi connectivity index (χ2n) is 5.17. The van der Waals surface area contributed by atoms with Crippen molar-refractivity contribution < 1.29 is 9.53 Å². The van der Waals surface area contributed by atoms with Crippen molar-refractivity contribution in [3.05, 3.63) is 41.9 Å². The van der Waals surface area contributed by atoms with E-state index in [0.717, 1.165) is 5.75 Å². The molecular formula is C16H20N4O2. The molecule has 116 valence electrons. The molecule has 0 aliphatic heterocycles. The van der Waals surface area contributed by atoms with Crippen LogP contribution in [-0.4, -0.2) is 29.0 Å². The number of carbonyl (C=O) groups excluding carboxylic acids is 1. The maximum Gasteiger partial charge on any atom is 0.274 e. The largest absolute Gasteiger partial charge is 0.497 e. The first-order valence-corrected chi connectivity index (χ1v) is 7.05. The van der Waals surface area contributed by atoms with Gasteiger partial charge in [0, 0.05) is 17.8 Å². The van der Waals surface area contributed by atoms with Crippen LogP contribution in [0.1, 0.15) is 30.2 Å². The van der Waals surface area contributed by atoms with Gasteiger partial charge >= 0.3 is 0 Å². The van der Waals surface area contributed by atoms with Crippen molar-refractivity contribution in [3.63, 3.8) is 0 Å². The first-order valence-electron chi connectivity index (χ1n) is 7.05. The van der Waals surface area contributed by atoms with Gasteiger partial charge in [-0.2, -0.15) is 0 Å². The second-order valence-corrected chi connectivity index (χ2v) is 5.17. The summed E-state index contributed by atoms with van der Waals surface area (Å²) in [6.45, 7) is 5.78. The van der Waals surface area contributed by atoms with Gasteiger partial charge in [0.2, 0.25) is 0 Å². The molecule has 22 heavy (non-hydrogen) atoms. The van der Waals surface area contributed by atoms with Gasteiger partial charge < -0.3 is 15.4 Å². The summed E-state index contributed by atoms with van der Waals surface area (Å²) in [6.07, 6.45) is 0. The molecule has 1 heterocycles. The van der Waals surface area contributed by atoms with Crippen molar-refractivity contribution in [1.29, 1.82) is 0 Å². The highest BCUT2D eigenvalue weighted by molar-refractivity contribution is 6.03. The smallest absolute Gasteiger partial charge is 0.274 e. The molecule has 0 saturated carbocycles. The normalized spacial score (nSPS) is 10.4. The average Bonchev–Trinajstić information content (AvgIpc) is 2.46. The van der Waals surface area contributed by atoms with E-state index in [0.29, 0.717) is 23.0 Å². The van der Waals surface area contributed by atoms with Crippen LogP contribution in [0.5, 0.6) is 5.75 Å². The lowest BCUT2D eigenvalue weighted by molar-refractivity contribution is 0.102. The number of aryl methyl sites for hydroxylation is 1. The third-order valence-electron chi connectivity index (χ3n) is 2.86. The third-order valence-corrected chi connectivity index (χ3v) is 2.86. The Morgan fingerprint density at radius 1 is 1.18 bits per heavy atom. The number of carbonyl (C=O) groups is 1. The van der Waals surface area contributed by atoms with E-state index in [9.17, 15) is 4.79 Å². The van der Waals surface area contributed by atoms with Gasteiger partial charge in [-0.3, -0.25) is 4.79 Å².